The van der Waals surface area contributed by atoms with Crippen LogP contribution in [-0.2, 0) is 0 Å². The molecule has 0 aliphatic carbocycles. The number of amides is 2. The van der Waals surface area contributed by atoms with Crippen LogP contribution in [0.15, 0.2) is 109 Å². The van der Waals surface area contributed by atoms with E-state index in [0.717, 1.165) is 20.5 Å². The third-order valence-electron chi connectivity index (χ3n) is 6.97. The topological polar surface area (TPSA) is 84.0 Å². The summed E-state index contributed by atoms with van der Waals surface area (Å²) >= 11 is 15.1. The summed E-state index contributed by atoms with van der Waals surface area (Å²) in [6.07, 6.45) is 0. The fraction of sp³-hybridized carbons (Fsp3) is 0. The van der Waals surface area contributed by atoms with E-state index in [0.29, 0.717) is 53.6 Å². The van der Waals surface area contributed by atoms with Gasteiger partial charge in [0.2, 0.25) is 0 Å². The highest BCUT2D eigenvalue weighted by molar-refractivity contribution is 7.19. The lowest BCUT2D eigenvalue weighted by atomic mass is 10.1. The number of benzene rings is 3. The van der Waals surface area contributed by atoms with Crippen LogP contribution in [0.25, 0.3) is 42.9 Å². The number of hydrogen-bond acceptors (Lipinski definition) is 6. The van der Waals surface area contributed by atoms with Crippen molar-refractivity contribution >= 4 is 90.9 Å². The molecule has 44 heavy (non-hydrogen) atoms. The standard InChI is InChI=1S/C34H20Cl2N4O2S2/c35-31-15-13-29(43-31)27-17-23(21-5-1-3-7-25(21)39-27)33(41)37-19-9-11-20(12-10-19)38-34(42)24-18-28(30-14-16-32(36)44-30)40-26-8-4-2-6-22(24)26/h1-18H,(H,37,41)(H,38,42). The molecular formula is C34H20Cl2N4O2S2. The number of carbonyl (C=O) groups is 2. The molecule has 4 aromatic heterocycles. The Morgan fingerprint density at radius 1 is 0.545 bits per heavy atom. The van der Waals surface area contributed by atoms with Gasteiger partial charge in [-0.05, 0) is 72.8 Å². The van der Waals surface area contributed by atoms with Crippen molar-refractivity contribution < 1.29 is 9.59 Å². The van der Waals surface area contributed by atoms with Gasteiger partial charge in [0.1, 0.15) is 0 Å². The van der Waals surface area contributed by atoms with E-state index in [1.54, 1.807) is 36.4 Å². The third-order valence-corrected chi connectivity index (χ3v) is 9.48. The minimum Gasteiger partial charge on any atom is -0.322 e. The van der Waals surface area contributed by atoms with E-state index in [2.05, 4.69) is 10.6 Å². The Bertz CT molecular complexity index is 2050. The van der Waals surface area contributed by atoms with Crippen molar-refractivity contribution in [2.75, 3.05) is 10.6 Å². The molecular weight excluding hydrogens is 631 g/mol. The average Bonchev–Trinajstić information content (AvgIpc) is 3.69. The predicted octanol–water partition coefficient (Wildman–Crippen LogP) is 10.1. The number of nitrogens with one attached hydrogen (secondary N) is 2. The van der Waals surface area contributed by atoms with E-state index < -0.39 is 0 Å². The second kappa shape index (κ2) is 11.8. The molecule has 214 valence electrons. The van der Waals surface area contributed by atoms with Crippen molar-refractivity contribution in [1.29, 1.82) is 0 Å². The summed E-state index contributed by atoms with van der Waals surface area (Å²) in [6.45, 7) is 0. The lowest BCUT2D eigenvalue weighted by Crippen LogP contribution is -2.14. The Labute approximate surface area is 270 Å². The largest absolute Gasteiger partial charge is 0.322 e. The van der Waals surface area contributed by atoms with E-state index in [9.17, 15) is 9.59 Å². The molecule has 0 unspecified atom stereocenters. The zero-order chi connectivity index (χ0) is 30.2. The molecule has 2 amide bonds. The van der Waals surface area contributed by atoms with Gasteiger partial charge in [-0.3, -0.25) is 9.59 Å². The summed E-state index contributed by atoms with van der Waals surface area (Å²) in [5, 5.41) is 7.45. The maximum atomic E-state index is 13.5. The second-order valence-corrected chi connectivity index (χ2v) is 13.3. The molecule has 0 fully saturated rings. The summed E-state index contributed by atoms with van der Waals surface area (Å²) in [5.41, 5.74) is 4.95. The zero-order valence-electron chi connectivity index (χ0n) is 22.7. The summed E-state index contributed by atoms with van der Waals surface area (Å²) in [4.78, 5) is 38.2. The van der Waals surface area contributed by atoms with Crippen LogP contribution in [0.1, 0.15) is 20.7 Å². The molecule has 0 spiro atoms. The smallest absolute Gasteiger partial charge is 0.256 e. The monoisotopic (exact) mass is 650 g/mol. The fourth-order valence-electron chi connectivity index (χ4n) is 4.92. The Kier molecular flexibility index (Phi) is 7.57. The van der Waals surface area contributed by atoms with Gasteiger partial charge in [-0.1, -0.05) is 59.6 Å². The number of pyridine rings is 2. The van der Waals surface area contributed by atoms with E-state index >= 15 is 0 Å². The highest BCUT2D eigenvalue weighted by atomic mass is 35.5. The van der Waals surface area contributed by atoms with Crippen LogP contribution in [0.4, 0.5) is 11.4 Å². The fourth-order valence-corrected chi connectivity index (χ4v) is 6.92. The van der Waals surface area contributed by atoms with Crippen LogP contribution < -0.4 is 10.6 Å². The van der Waals surface area contributed by atoms with Gasteiger partial charge in [-0.2, -0.15) is 0 Å². The molecule has 0 saturated heterocycles. The van der Waals surface area contributed by atoms with Gasteiger partial charge in [-0.15, -0.1) is 22.7 Å². The number of nitrogens with zero attached hydrogens (tertiary/aromatic N) is 2. The van der Waals surface area contributed by atoms with Gasteiger partial charge in [-0.25, -0.2) is 9.97 Å². The first-order chi connectivity index (χ1) is 21.4. The van der Waals surface area contributed by atoms with Crippen molar-refractivity contribution in [3.05, 3.63) is 129 Å². The number of aromatic nitrogens is 2. The van der Waals surface area contributed by atoms with Crippen LogP contribution in [-0.4, -0.2) is 21.8 Å². The Hall–Kier alpha value is -4.60. The lowest BCUT2D eigenvalue weighted by molar-refractivity contribution is 0.102. The Morgan fingerprint density at radius 2 is 0.955 bits per heavy atom. The number of rotatable bonds is 6. The van der Waals surface area contributed by atoms with Gasteiger partial charge >= 0.3 is 0 Å². The molecule has 4 heterocycles. The number of halogens is 2. The number of para-hydroxylation sites is 2. The van der Waals surface area contributed by atoms with Gasteiger partial charge in [0.25, 0.3) is 11.8 Å². The molecule has 0 aliphatic rings. The number of fused-ring (bicyclic) bond motifs is 2. The van der Waals surface area contributed by atoms with Gasteiger partial charge in [0, 0.05) is 22.1 Å². The lowest BCUT2D eigenvalue weighted by Gasteiger charge is -2.12. The molecule has 7 rings (SSSR count). The summed E-state index contributed by atoms with van der Waals surface area (Å²) in [6, 6.07) is 33.0. The van der Waals surface area contributed by atoms with Gasteiger partial charge < -0.3 is 10.6 Å². The van der Waals surface area contributed by atoms with E-state index in [-0.39, 0.29) is 11.8 Å². The molecule has 10 heteroatoms. The minimum absolute atomic E-state index is 0.270. The average molecular weight is 652 g/mol. The summed E-state index contributed by atoms with van der Waals surface area (Å²) in [7, 11) is 0. The van der Waals surface area contributed by atoms with E-state index in [1.807, 2.05) is 72.8 Å². The maximum Gasteiger partial charge on any atom is 0.256 e. The highest BCUT2D eigenvalue weighted by Crippen LogP contribution is 2.34. The predicted molar refractivity (Wildman–Crippen MR) is 182 cm³/mol. The maximum absolute atomic E-state index is 13.5. The van der Waals surface area contributed by atoms with Crippen LogP contribution in [0.2, 0.25) is 8.67 Å². The summed E-state index contributed by atoms with van der Waals surface area (Å²) in [5.74, 6) is -0.539. The van der Waals surface area contributed by atoms with Gasteiger partial charge in [0.05, 0.1) is 52.0 Å². The Morgan fingerprint density at radius 3 is 1.34 bits per heavy atom. The van der Waals surface area contributed by atoms with Crippen LogP contribution in [0, 0.1) is 0 Å². The number of thiophene rings is 2. The first-order valence-corrected chi connectivity index (χ1v) is 15.8. The number of hydrogen-bond donors (Lipinski definition) is 2. The second-order valence-electron chi connectivity index (χ2n) is 9.84. The first kappa shape index (κ1) is 28.2. The molecule has 0 aliphatic heterocycles. The molecule has 2 N–H and O–H groups in total. The summed E-state index contributed by atoms with van der Waals surface area (Å²) < 4.78 is 1.30. The van der Waals surface area contributed by atoms with E-state index in [1.165, 1.54) is 22.7 Å². The van der Waals surface area contributed by atoms with Crippen molar-refractivity contribution in [1.82, 2.24) is 9.97 Å². The SMILES string of the molecule is O=C(Nc1ccc(NC(=O)c2cc(-c3ccc(Cl)s3)nc3ccccc23)cc1)c1cc(-c2ccc(Cl)s2)nc2ccccc12. The van der Waals surface area contributed by atoms with Crippen LogP contribution in [0.3, 0.4) is 0 Å². The van der Waals surface area contributed by atoms with Crippen LogP contribution >= 0.6 is 45.9 Å². The first-order valence-electron chi connectivity index (χ1n) is 13.4. The van der Waals surface area contributed by atoms with Crippen molar-refractivity contribution in [3.63, 3.8) is 0 Å². The zero-order valence-corrected chi connectivity index (χ0v) is 25.8. The third kappa shape index (κ3) is 5.68. The number of anilines is 2. The molecule has 0 bridgehead atoms. The molecule has 0 radical (unpaired) electrons. The molecule has 7 aromatic rings. The molecule has 3 aromatic carbocycles. The van der Waals surface area contributed by atoms with Gasteiger partial charge in [0.15, 0.2) is 0 Å². The Balaban J connectivity index is 1.13. The molecule has 6 nitrogen and oxygen atoms in total. The van der Waals surface area contributed by atoms with Crippen LogP contribution in [0.5, 0.6) is 0 Å². The minimum atomic E-state index is -0.270. The normalized spacial score (nSPS) is 11.1. The van der Waals surface area contributed by atoms with Crippen molar-refractivity contribution in [3.8, 4) is 21.1 Å². The number of carbonyl (C=O) groups excluding carboxylic acids is 2. The van der Waals surface area contributed by atoms with E-state index in [4.69, 9.17) is 33.2 Å². The van der Waals surface area contributed by atoms with Crippen molar-refractivity contribution in [2.24, 2.45) is 0 Å². The van der Waals surface area contributed by atoms with Crippen molar-refractivity contribution in [2.45, 2.75) is 0 Å². The molecule has 0 atom stereocenters. The highest BCUT2D eigenvalue weighted by Gasteiger charge is 2.17. The quantitative estimate of drug-likeness (QED) is 0.188. The molecule has 0 saturated carbocycles.